The molecule has 2 N–H and O–H groups in total. The third-order valence-electron chi connectivity index (χ3n) is 3.98. The second-order valence-electron chi connectivity index (χ2n) is 5.59. The van der Waals surface area contributed by atoms with Crippen molar-refractivity contribution in [3.63, 3.8) is 0 Å². The minimum absolute atomic E-state index is 0.00612. The molecular weight excluding hydrogens is 280 g/mol. The van der Waals surface area contributed by atoms with Crippen molar-refractivity contribution in [3.8, 4) is 0 Å². The molecule has 1 aromatic carbocycles. The Kier molecular flexibility index (Phi) is 4.55. The van der Waals surface area contributed by atoms with Crippen LogP contribution in [0.25, 0.3) is 0 Å². The fourth-order valence-electron chi connectivity index (χ4n) is 2.62. The molecular formula is C15H17F2NO3. The average molecular weight is 297 g/mol. The Morgan fingerprint density at radius 3 is 2.57 bits per heavy atom. The number of amides is 1. The van der Waals surface area contributed by atoms with Crippen LogP contribution in [-0.2, 0) is 16.0 Å². The average Bonchev–Trinajstić information content (AvgIpc) is 2.37. The fraction of sp³-hybridized carbons (Fsp3) is 0.467. The highest BCUT2D eigenvalue weighted by Gasteiger charge is 2.39. The molecule has 0 unspecified atom stereocenters. The van der Waals surface area contributed by atoms with Crippen LogP contribution < -0.4 is 5.32 Å². The van der Waals surface area contributed by atoms with Gasteiger partial charge in [0.15, 0.2) is 11.6 Å². The number of halogens is 2. The van der Waals surface area contributed by atoms with Crippen molar-refractivity contribution in [2.45, 2.75) is 32.1 Å². The summed E-state index contributed by atoms with van der Waals surface area (Å²) in [5, 5.41) is 11.5. The van der Waals surface area contributed by atoms with E-state index in [0.29, 0.717) is 0 Å². The van der Waals surface area contributed by atoms with E-state index < -0.39 is 23.5 Å². The number of hydrogen-bond acceptors (Lipinski definition) is 2. The lowest BCUT2D eigenvalue weighted by Gasteiger charge is -2.40. The minimum Gasteiger partial charge on any atom is -0.481 e. The molecule has 4 nitrogen and oxygen atoms in total. The van der Waals surface area contributed by atoms with Crippen LogP contribution in [0.3, 0.4) is 0 Å². The number of carbonyl (C=O) groups excluding carboxylic acids is 1. The largest absolute Gasteiger partial charge is 0.481 e. The number of rotatable bonds is 6. The van der Waals surface area contributed by atoms with Gasteiger partial charge >= 0.3 is 5.97 Å². The smallest absolute Gasteiger partial charge is 0.303 e. The van der Waals surface area contributed by atoms with Gasteiger partial charge in [-0.15, -0.1) is 0 Å². The molecule has 0 atom stereocenters. The molecule has 1 saturated carbocycles. The van der Waals surface area contributed by atoms with E-state index >= 15 is 0 Å². The molecule has 6 heteroatoms. The molecule has 0 bridgehead atoms. The number of carbonyl (C=O) groups is 2. The second kappa shape index (κ2) is 6.20. The highest BCUT2D eigenvalue weighted by molar-refractivity contribution is 5.78. The van der Waals surface area contributed by atoms with Gasteiger partial charge in [-0.05, 0) is 24.3 Å². The maximum absolute atomic E-state index is 13.5. The normalized spacial score (nSPS) is 16.1. The Bertz CT molecular complexity index is 556. The highest BCUT2D eigenvalue weighted by Crippen LogP contribution is 2.43. The second-order valence-corrected chi connectivity index (χ2v) is 5.59. The first-order valence-corrected chi connectivity index (χ1v) is 6.83. The van der Waals surface area contributed by atoms with Gasteiger partial charge in [-0.1, -0.05) is 18.6 Å². The van der Waals surface area contributed by atoms with Crippen LogP contribution in [0, 0.1) is 17.0 Å². The number of aliphatic carboxylic acids is 1. The lowest BCUT2D eigenvalue weighted by atomic mass is 9.66. The maximum atomic E-state index is 13.5. The monoisotopic (exact) mass is 297 g/mol. The zero-order valence-electron chi connectivity index (χ0n) is 11.5. The molecule has 0 aromatic heterocycles. The van der Waals surface area contributed by atoms with E-state index in [0.717, 1.165) is 25.3 Å². The van der Waals surface area contributed by atoms with Gasteiger partial charge in [-0.2, -0.15) is 0 Å². The first-order valence-electron chi connectivity index (χ1n) is 6.83. The van der Waals surface area contributed by atoms with Gasteiger partial charge in [-0.25, -0.2) is 8.78 Å². The molecule has 1 aromatic rings. The summed E-state index contributed by atoms with van der Waals surface area (Å²) in [6.45, 7) is 0.259. The predicted molar refractivity (Wildman–Crippen MR) is 71.6 cm³/mol. The Morgan fingerprint density at radius 2 is 2.00 bits per heavy atom. The Labute approximate surface area is 121 Å². The highest BCUT2D eigenvalue weighted by atomic mass is 19.2. The predicted octanol–water partition coefficient (Wildman–Crippen LogP) is 2.27. The van der Waals surface area contributed by atoms with Crippen molar-refractivity contribution in [3.05, 3.63) is 35.4 Å². The van der Waals surface area contributed by atoms with E-state index in [2.05, 4.69) is 5.32 Å². The van der Waals surface area contributed by atoms with E-state index in [1.807, 2.05) is 0 Å². The number of benzene rings is 1. The van der Waals surface area contributed by atoms with Crippen molar-refractivity contribution in [1.29, 1.82) is 0 Å². The van der Waals surface area contributed by atoms with Crippen LogP contribution in [0.1, 0.15) is 31.2 Å². The molecule has 114 valence electrons. The summed E-state index contributed by atoms with van der Waals surface area (Å²) >= 11 is 0. The van der Waals surface area contributed by atoms with Gasteiger partial charge < -0.3 is 10.4 Å². The molecule has 2 rings (SSSR count). The lowest BCUT2D eigenvalue weighted by molar-refractivity contribution is -0.141. The van der Waals surface area contributed by atoms with E-state index in [9.17, 15) is 18.4 Å². The molecule has 0 spiro atoms. The lowest BCUT2D eigenvalue weighted by Crippen LogP contribution is -2.44. The molecule has 1 aliphatic carbocycles. The summed E-state index contributed by atoms with van der Waals surface area (Å²) in [4.78, 5) is 22.6. The van der Waals surface area contributed by atoms with Gasteiger partial charge in [0.05, 0.1) is 12.8 Å². The van der Waals surface area contributed by atoms with Crippen molar-refractivity contribution in [1.82, 2.24) is 5.32 Å². The van der Waals surface area contributed by atoms with E-state index in [4.69, 9.17) is 5.11 Å². The zero-order chi connectivity index (χ0) is 15.5. The summed E-state index contributed by atoms with van der Waals surface area (Å²) in [5.41, 5.74) is -0.393. The number of carboxylic acids is 1. The van der Waals surface area contributed by atoms with Crippen LogP contribution in [0.5, 0.6) is 0 Å². The number of nitrogens with one attached hydrogen (secondary N) is 1. The summed E-state index contributed by atoms with van der Waals surface area (Å²) in [6.07, 6.45) is 2.22. The number of hydrogen-bond donors (Lipinski definition) is 2. The summed E-state index contributed by atoms with van der Waals surface area (Å²) in [5.74, 6) is -3.32. The molecule has 0 radical (unpaired) electrons. The molecule has 1 aliphatic rings. The van der Waals surface area contributed by atoms with Crippen molar-refractivity contribution < 1.29 is 23.5 Å². The third-order valence-corrected chi connectivity index (χ3v) is 3.98. The molecule has 0 aliphatic heterocycles. The van der Waals surface area contributed by atoms with Crippen LogP contribution in [-0.4, -0.2) is 23.5 Å². The van der Waals surface area contributed by atoms with Gasteiger partial charge in [0, 0.05) is 12.1 Å². The van der Waals surface area contributed by atoms with Gasteiger partial charge in [0.1, 0.15) is 0 Å². The molecule has 0 heterocycles. The standard InChI is InChI=1S/C15H17F2NO3/c16-11-4-1-3-10(14(11)17)7-12(19)18-9-15(5-2-6-15)8-13(20)21/h1,3-4H,2,5-9H2,(H,18,19)(H,20,21). The molecule has 21 heavy (non-hydrogen) atoms. The molecule has 1 amide bonds. The van der Waals surface area contributed by atoms with Crippen LogP contribution in [0.2, 0.25) is 0 Å². The maximum Gasteiger partial charge on any atom is 0.303 e. The minimum atomic E-state index is -1.02. The van der Waals surface area contributed by atoms with Crippen molar-refractivity contribution in [2.75, 3.05) is 6.54 Å². The zero-order valence-corrected chi connectivity index (χ0v) is 11.5. The van der Waals surface area contributed by atoms with Crippen molar-refractivity contribution in [2.24, 2.45) is 5.41 Å². The molecule has 1 fully saturated rings. The number of carboxylic acid groups (broad SMARTS) is 1. The summed E-state index contributed by atoms with van der Waals surface area (Å²) in [6, 6.07) is 3.69. The van der Waals surface area contributed by atoms with Crippen molar-refractivity contribution >= 4 is 11.9 Å². The first-order chi connectivity index (χ1) is 9.92. The van der Waals surface area contributed by atoms with E-state index in [1.165, 1.54) is 12.1 Å². The van der Waals surface area contributed by atoms with Crippen LogP contribution in [0.4, 0.5) is 8.78 Å². The van der Waals surface area contributed by atoms with E-state index in [1.54, 1.807) is 0 Å². The summed E-state index contributed by atoms with van der Waals surface area (Å²) in [7, 11) is 0. The van der Waals surface area contributed by atoms with Gasteiger partial charge in [0.25, 0.3) is 0 Å². The first kappa shape index (κ1) is 15.4. The fourth-order valence-corrected chi connectivity index (χ4v) is 2.62. The van der Waals surface area contributed by atoms with Gasteiger partial charge in [-0.3, -0.25) is 9.59 Å². The summed E-state index contributed by atoms with van der Waals surface area (Å²) < 4.78 is 26.5. The topological polar surface area (TPSA) is 66.4 Å². The van der Waals surface area contributed by atoms with E-state index in [-0.39, 0.29) is 30.4 Å². The SMILES string of the molecule is O=C(O)CC1(CNC(=O)Cc2cccc(F)c2F)CCC1. The quantitative estimate of drug-likeness (QED) is 0.846. The molecule has 0 saturated heterocycles. The third kappa shape index (κ3) is 3.77. The van der Waals surface area contributed by atoms with Gasteiger partial charge in [0.2, 0.25) is 5.91 Å². The van der Waals surface area contributed by atoms with Crippen LogP contribution >= 0.6 is 0 Å². The Hall–Kier alpha value is -1.98. The Balaban J connectivity index is 1.90. The van der Waals surface area contributed by atoms with Crippen LogP contribution in [0.15, 0.2) is 18.2 Å². The Morgan fingerprint density at radius 1 is 1.29 bits per heavy atom.